The minimum atomic E-state index is -0.941. The van der Waals surface area contributed by atoms with Gasteiger partial charge in [-0.2, -0.15) is 0 Å². The number of Topliss-reactive ketones (excluding diaryl/α,β-unsaturated/α-hetero) is 2. The molecule has 0 aliphatic carbocycles. The molecule has 0 aromatic carbocycles. The molecule has 0 saturated heterocycles. The maximum atomic E-state index is 12.4. The number of nitrogens with zero attached hydrogens (tertiary/aromatic N) is 1. The fraction of sp³-hybridized carbons (Fsp3) is 0.609. The normalized spacial score (nSPS) is 17.0. The van der Waals surface area contributed by atoms with Crippen LogP contribution < -0.4 is 0 Å². The van der Waals surface area contributed by atoms with Crippen LogP contribution >= 0.6 is 11.3 Å². The van der Waals surface area contributed by atoms with Gasteiger partial charge in [0.25, 0.3) is 0 Å². The standard InChI is InChI=1S/C23H35NO4S/c1-7-20(25)16(4)23(28)17(5)22(27)11-9-14(2)8-10-21(26)15(3)12-19-13-29-18(6)24-19/h8,12-13,16-17,21,23,26,28H,7,9-11H2,1-6H3/b14-8+,15-12+/t16-,17+,21+,23?/m1/s1. The molecule has 0 spiro atoms. The summed E-state index contributed by atoms with van der Waals surface area (Å²) in [5, 5.41) is 23.6. The van der Waals surface area contributed by atoms with Crippen LogP contribution in [0.2, 0.25) is 0 Å². The molecule has 0 saturated carbocycles. The largest absolute Gasteiger partial charge is 0.392 e. The summed E-state index contributed by atoms with van der Waals surface area (Å²) < 4.78 is 0. The van der Waals surface area contributed by atoms with E-state index in [0.717, 1.165) is 21.8 Å². The fourth-order valence-corrected chi connectivity index (χ4v) is 3.63. The van der Waals surface area contributed by atoms with E-state index in [-0.39, 0.29) is 11.6 Å². The lowest BCUT2D eigenvalue weighted by Gasteiger charge is -2.23. The Balaban J connectivity index is 2.53. The van der Waals surface area contributed by atoms with Gasteiger partial charge in [0.2, 0.25) is 0 Å². The summed E-state index contributed by atoms with van der Waals surface area (Å²) in [4.78, 5) is 28.5. The van der Waals surface area contributed by atoms with Crippen LogP contribution in [-0.2, 0) is 9.59 Å². The zero-order chi connectivity index (χ0) is 22.1. The summed E-state index contributed by atoms with van der Waals surface area (Å²) >= 11 is 1.58. The molecular weight excluding hydrogens is 386 g/mol. The van der Waals surface area contributed by atoms with E-state index in [4.69, 9.17) is 0 Å². The second-order valence-electron chi connectivity index (χ2n) is 7.84. The first-order valence-electron chi connectivity index (χ1n) is 10.2. The minimum absolute atomic E-state index is 0.0292. The lowest BCUT2D eigenvalue weighted by atomic mass is 9.85. The van der Waals surface area contributed by atoms with Crippen LogP contribution in [-0.4, -0.2) is 39.0 Å². The van der Waals surface area contributed by atoms with E-state index >= 15 is 0 Å². The number of rotatable bonds is 12. The van der Waals surface area contributed by atoms with Gasteiger partial charge in [0, 0.05) is 30.1 Å². The Hall–Kier alpha value is -1.63. The number of allylic oxidation sites excluding steroid dienone is 1. The molecule has 0 bridgehead atoms. The van der Waals surface area contributed by atoms with Crippen molar-refractivity contribution in [1.82, 2.24) is 4.98 Å². The summed E-state index contributed by atoms with van der Waals surface area (Å²) in [6.45, 7) is 10.9. The highest BCUT2D eigenvalue weighted by Crippen LogP contribution is 2.20. The third kappa shape index (κ3) is 8.33. The molecule has 2 N–H and O–H groups in total. The first-order chi connectivity index (χ1) is 13.6. The van der Waals surface area contributed by atoms with Crippen molar-refractivity contribution in [3.63, 3.8) is 0 Å². The molecule has 1 heterocycles. The van der Waals surface area contributed by atoms with Gasteiger partial charge in [-0.15, -0.1) is 11.3 Å². The van der Waals surface area contributed by atoms with Crippen LogP contribution in [0.1, 0.15) is 71.0 Å². The molecule has 0 amide bonds. The van der Waals surface area contributed by atoms with E-state index < -0.39 is 24.0 Å². The molecule has 1 rings (SSSR count). The van der Waals surface area contributed by atoms with Gasteiger partial charge in [0.1, 0.15) is 11.6 Å². The predicted octanol–water partition coefficient (Wildman–Crippen LogP) is 4.51. The molecule has 1 aromatic heterocycles. The van der Waals surface area contributed by atoms with Gasteiger partial charge in [-0.25, -0.2) is 4.98 Å². The van der Waals surface area contributed by atoms with E-state index in [1.54, 1.807) is 32.1 Å². The van der Waals surface area contributed by atoms with E-state index in [1.807, 2.05) is 38.3 Å². The molecule has 0 radical (unpaired) electrons. The smallest absolute Gasteiger partial charge is 0.138 e. The number of carbonyl (C=O) groups excluding carboxylic acids is 2. The van der Waals surface area contributed by atoms with E-state index in [1.165, 1.54) is 0 Å². The summed E-state index contributed by atoms with van der Waals surface area (Å²) in [5.41, 5.74) is 2.73. The summed E-state index contributed by atoms with van der Waals surface area (Å²) in [5.74, 6) is -1.16. The summed E-state index contributed by atoms with van der Waals surface area (Å²) in [7, 11) is 0. The molecular formula is C23H35NO4S. The first kappa shape index (κ1) is 25.4. The lowest BCUT2D eigenvalue weighted by molar-refractivity contribution is -0.131. The SMILES string of the molecule is CCC(=O)[C@@H](C)C(O)[C@@H](C)C(=O)CC/C(C)=C/C[C@H](O)/C(C)=C/c1csc(C)n1. The number of aliphatic hydroxyl groups excluding tert-OH is 2. The number of aliphatic hydroxyl groups is 2. The predicted molar refractivity (Wildman–Crippen MR) is 119 cm³/mol. The third-order valence-electron chi connectivity index (χ3n) is 5.38. The fourth-order valence-electron chi connectivity index (χ4n) is 3.06. The number of ketones is 2. The Bertz CT molecular complexity index is 750. The van der Waals surface area contributed by atoms with Crippen molar-refractivity contribution in [2.24, 2.45) is 11.8 Å². The van der Waals surface area contributed by atoms with Gasteiger partial charge in [-0.3, -0.25) is 9.59 Å². The quantitative estimate of drug-likeness (QED) is 0.485. The van der Waals surface area contributed by atoms with Gasteiger partial charge >= 0.3 is 0 Å². The van der Waals surface area contributed by atoms with Crippen molar-refractivity contribution >= 4 is 29.0 Å². The average Bonchev–Trinajstić information content (AvgIpc) is 3.11. The van der Waals surface area contributed by atoms with Crippen LogP contribution in [0.3, 0.4) is 0 Å². The highest BCUT2D eigenvalue weighted by molar-refractivity contribution is 7.09. The molecule has 0 aliphatic rings. The third-order valence-corrected chi connectivity index (χ3v) is 6.17. The van der Waals surface area contributed by atoms with Gasteiger partial charge in [0.05, 0.1) is 22.9 Å². The summed E-state index contributed by atoms with van der Waals surface area (Å²) in [6, 6.07) is 0. The Labute approximate surface area is 178 Å². The van der Waals surface area contributed by atoms with Crippen molar-refractivity contribution in [3.05, 3.63) is 33.3 Å². The Morgan fingerprint density at radius 3 is 2.31 bits per heavy atom. The second kappa shape index (κ2) is 12.2. The van der Waals surface area contributed by atoms with Gasteiger partial charge in [-0.1, -0.05) is 32.4 Å². The molecule has 0 aliphatic heterocycles. The summed E-state index contributed by atoms with van der Waals surface area (Å²) in [6.07, 6.45) is 4.04. The van der Waals surface area contributed by atoms with Gasteiger partial charge in [0.15, 0.2) is 0 Å². The Morgan fingerprint density at radius 2 is 1.76 bits per heavy atom. The molecule has 6 heteroatoms. The number of hydrogen-bond donors (Lipinski definition) is 2. The van der Waals surface area contributed by atoms with Gasteiger partial charge in [-0.05, 0) is 45.3 Å². The van der Waals surface area contributed by atoms with Crippen molar-refractivity contribution in [2.45, 2.75) is 79.4 Å². The number of aromatic nitrogens is 1. The maximum Gasteiger partial charge on any atom is 0.138 e. The van der Waals surface area contributed by atoms with Crippen molar-refractivity contribution < 1.29 is 19.8 Å². The minimum Gasteiger partial charge on any atom is -0.392 e. The Kier molecular flexibility index (Phi) is 10.6. The monoisotopic (exact) mass is 421 g/mol. The van der Waals surface area contributed by atoms with Crippen molar-refractivity contribution in [3.8, 4) is 0 Å². The number of aryl methyl sites for hydroxylation is 1. The number of carbonyl (C=O) groups is 2. The highest BCUT2D eigenvalue weighted by Gasteiger charge is 2.29. The molecule has 162 valence electrons. The number of thiazole rings is 1. The molecule has 1 aromatic rings. The number of hydrogen-bond acceptors (Lipinski definition) is 6. The highest BCUT2D eigenvalue weighted by atomic mass is 32.1. The Morgan fingerprint density at radius 1 is 1.14 bits per heavy atom. The van der Waals surface area contributed by atoms with E-state index in [0.29, 0.717) is 25.7 Å². The second-order valence-corrected chi connectivity index (χ2v) is 8.90. The van der Waals surface area contributed by atoms with Gasteiger partial charge < -0.3 is 10.2 Å². The molecule has 1 unspecified atom stereocenters. The van der Waals surface area contributed by atoms with Crippen LogP contribution in [0.15, 0.2) is 22.6 Å². The van der Waals surface area contributed by atoms with Crippen LogP contribution in [0.25, 0.3) is 6.08 Å². The topological polar surface area (TPSA) is 87.5 Å². The zero-order valence-electron chi connectivity index (χ0n) is 18.4. The van der Waals surface area contributed by atoms with Crippen LogP contribution in [0, 0.1) is 18.8 Å². The van der Waals surface area contributed by atoms with E-state index in [2.05, 4.69) is 4.98 Å². The van der Waals surface area contributed by atoms with Crippen LogP contribution in [0.5, 0.6) is 0 Å². The molecule has 4 atom stereocenters. The molecule has 5 nitrogen and oxygen atoms in total. The molecule has 29 heavy (non-hydrogen) atoms. The van der Waals surface area contributed by atoms with E-state index in [9.17, 15) is 19.8 Å². The van der Waals surface area contributed by atoms with Crippen molar-refractivity contribution in [1.29, 1.82) is 0 Å². The zero-order valence-corrected chi connectivity index (χ0v) is 19.3. The average molecular weight is 422 g/mol. The first-order valence-corrected chi connectivity index (χ1v) is 11.1. The van der Waals surface area contributed by atoms with Crippen molar-refractivity contribution in [2.75, 3.05) is 0 Å². The maximum absolute atomic E-state index is 12.4. The molecule has 0 fully saturated rings. The van der Waals surface area contributed by atoms with Crippen LogP contribution in [0.4, 0.5) is 0 Å². The lowest BCUT2D eigenvalue weighted by Crippen LogP contribution is -2.35.